The number of nitrogens with two attached hydrogens (primary N) is 1. The van der Waals surface area contributed by atoms with Crippen molar-refractivity contribution < 1.29 is 25.2 Å². The lowest BCUT2D eigenvalue weighted by Crippen LogP contribution is -2.56. The van der Waals surface area contributed by atoms with Crippen molar-refractivity contribution in [2.24, 2.45) is 0 Å². The van der Waals surface area contributed by atoms with E-state index in [-0.39, 0.29) is 5.82 Å². The largest absolute Gasteiger partial charge is 0.394 e. The smallest absolute Gasteiger partial charge is 0.167 e. The first-order valence-electron chi connectivity index (χ1n) is 6.28. The molecule has 1 fully saturated rings. The summed E-state index contributed by atoms with van der Waals surface area (Å²) in [7, 11) is 0. The molecule has 5 atom stereocenters. The molecule has 0 aromatic carbocycles. The fourth-order valence-electron chi connectivity index (χ4n) is 2.37. The van der Waals surface area contributed by atoms with Crippen LogP contribution in [-0.2, 0) is 4.74 Å². The molecule has 2 aromatic rings. The standard InChI is InChI=1S/C11H15N5O5/c12-9-5-10(14-2-13-9)16(3-15-5)11-8(20)7(19)6(18)4(1-17)21-11/h2-4,6-8,11,17-20H,1H2,(H2,12,13,14)/t4-,6+,7+,8-,11+/m0/s1. The van der Waals surface area contributed by atoms with Crippen molar-refractivity contribution in [1.29, 1.82) is 0 Å². The first-order valence-corrected chi connectivity index (χ1v) is 6.28. The summed E-state index contributed by atoms with van der Waals surface area (Å²) < 4.78 is 6.81. The summed E-state index contributed by atoms with van der Waals surface area (Å²) in [6.45, 7) is -0.509. The minimum Gasteiger partial charge on any atom is -0.394 e. The third-order valence-corrected chi connectivity index (χ3v) is 3.53. The van der Waals surface area contributed by atoms with Crippen LogP contribution >= 0.6 is 0 Å². The van der Waals surface area contributed by atoms with Crippen molar-refractivity contribution in [1.82, 2.24) is 19.5 Å². The molecule has 3 heterocycles. The van der Waals surface area contributed by atoms with Crippen LogP contribution in [0.3, 0.4) is 0 Å². The van der Waals surface area contributed by atoms with Gasteiger partial charge in [0.1, 0.15) is 36.3 Å². The molecule has 0 amide bonds. The number of hydrogen-bond acceptors (Lipinski definition) is 9. The van der Waals surface area contributed by atoms with Crippen LogP contribution in [0.4, 0.5) is 5.82 Å². The van der Waals surface area contributed by atoms with Crippen LogP contribution in [0.25, 0.3) is 11.2 Å². The van der Waals surface area contributed by atoms with E-state index in [2.05, 4.69) is 15.0 Å². The van der Waals surface area contributed by atoms with Crippen molar-refractivity contribution >= 4 is 17.0 Å². The monoisotopic (exact) mass is 297 g/mol. The maximum atomic E-state index is 10.1. The highest BCUT2D eigenvalue weighted by Crippen LogP contribution is 2.30. The highest BCUT2D eigenvalue weighted by Gasteiger charge is 2.44. The molecule has 0 unspecified atom stereocenters. The van der Waals surface area contributed by atoms with E-state index in [1.54, 1.807) is 0 Å². The van der Waals surface area contributed by atoms with Gasteiger partial charge in [-0.15, -0.1) is 0 Å². The maximum Gasteiger partial charge on any atom is 0.167 e. The van der Waals surface area contributed by atoms with Gasteiger partial charge in [0.25, 0.3) is 0 Å². The fourth-order valence-corrected chi connectivity index (χ4v) is 2.37. The van der Waals surface area contributed by atoms with E-state index in [4.69, 9.17) is 10.5 Å². The van der Waals surface area contributed by atoms with Crippen molar-refractivity contribution in [3.8, 4) is 0 Å². The fraction of sp³-hybridized carbons (Fsp3) is 0.545. The highest BCUT2D eigenvalue weighted by atomic mass is 16.6. The van der Waals surface area contributed by atoms with Gasteiger partial charge in [-0.2, -0.15) is 0 Å². The summed E-state index contributed by atoms with van der Waals surface area (Å²) in [5.41, 5.74) is 6.32. The van der Waals surface area contributed by atoms with Crippen LogP contribution in [-0.4, -0.2) is 71.0 Å². The second-order valence-corrected chi connectivity index (χ2v) is 4.80. The van der Waals surface area contributed by atoms with Crippen LogP contribution in [0.1, 0.15) is 6.23 Å². The number of nitrogen functional groups attached to an aromatic ring is 1. The predicted molar refractivity (Wildman–Crippen MR) is 68.8 cm³/mol. The molecule has 114 valence electrons. The molecule has 10 heteroatoms. The number of imidazole rings is 1. The Morgan fingerprint density at radius 1 is 1.14 bits per heavy atom. The van der Waals surface area contributed by atoms with Gasteiger partial charge in [-0.25, -0.2) is 15.0 Å². The van der Waals surface area contributed by atoms with Gasteiger partial charge in [0, 0.05) is 0 Å². The second-order valence-electron chi connectivity index (χ2n) is 4.80. The first-order chi connectivity index (χ1) is 10.0. The van der Waals surface area contributed by atoms with E-state index in [9.17, 15) is 20.4 Å². The van der Waals surface area contributed by atoms with E-state index < -0.39 is 37.3 Å². The molecule has 6 N–H and O–H groups in total. The molecular formula is C11H15N5O5. The summed E-state index contributed by atoms with van der Waals surface area (Å²) in [6.07, 6.45) is -3.82. The molecular weight excluding hydrogens is 282 g/mol. The minimum absolute atomic E-state index is 0.170. The Morgan fingerprint density at radius 2 is 1.90 bits per heavy atom. The quantitative estimate of drug-likeness (QED) is 0.400. The van der Waals surface area contributed by atoms with Crippen LogP contribution < -0.4 is 5.73 Å². The topological polar surface area (TPSA) is 160 Å². The molecule has 1 aliphatic heterocycles. The number of hydrogen-bond donors (Lipinski definition) is 5. The van der Waals surface area contributed by atoms with Crippen LogP contribution in [0, 0.1) is 0 Å². The van der Waals surface area contributed by atoms with Crippen molar-refractivity contribution in [3.63, 3.8) is 0 Å². The van der Waals surface area contributed by atoms with Crippen LogP contribution in [0.2, 0.25) is 0 Å². The normalized spacial score (nSPS) is 33.4. The lowest BCUT2D eigenvalue weighted by Gasteiger charge is -2.40. The molecule has 0 bridgehead atoms. The molecule has 1 aliphatic rings. The average molecular weight is 297 g/mol. The third kappa shape index (κ3) is 2.13. The summed E-state index contributed by atoms with van der Waals surface area (Å²) in [5, 5.41) is 38.8. The average Bonchev–Trinajstić information content (AvgIpc) is 2.91. The molecule has 0 saturated carbocycles. The van der Waals surface area contributed by atoms with E-state index >= 15 is 0 Å². The summed E-state index contributed by atoms with van der Waals surface area (Å²) >= 11 is 0. The van der Waals surface area contributed by atoms with Gasteiger partial charge in [-0.05, 0) is 0 Å². The number of anilines is 1. The second kappa shape index (κ2) is 5.16. The van der Waals surface area contributed by atoms with Crippen molar-refractivity contribution in [3.05, 3.63) is 12.7 Å². The Hall–Kier alpha value is -1.85. The Labute approximate surface area is 118 Å². The molecule has 10 nitrogen and oxygen atoms in total. The zero-order valence-electron chi connectivity index (χ0n) is 10.8. The Balaban J connectivity index is 2.03. The maximum absolute atomic E-state index is 10.1. The van der Waals surface area contributed by atoms with E-state index in [1.807, 2.05) is 0 Å². The Morgan fingerprint density at radius 3 is 2.62 bits per heavy atom. The molecule has 1 saturated heterocycles. The summed E-state index contributed by atoms with van der Waals surface area (Å²) in [5.74, 6) is 0.170. The predicted octanol–water partition coefficient (Wildman–Crippen LogP) is -2.62. The molecule has 21 heavy (non-hydrogen) atoms. The van der Waals surface area contributed by atoms with Gasteiger partial charge in [0.2, 0.25) is 0 Å². The SMILES string of the molecule is Nc1ncnc2c1ncn2[C@@H]1O[C@@H](CO)[C@@H](O)[C@@H](O)[C@@H]1O. The molecule has 0 radical (unpaired) electrons. The number of aliphatic hydroxyl groups excluding tert-OH is 4. The highest BCUT2D eigenvalue weighted by molar-refractivity contribution is 5.81. The minimum atomic E-state index is -1.47. The van der Waals surface area contributed by atoms with Crippen molar-refractivity contribution in [2.45, 2.75) is 30.6 Å². The zero-order valence-corrected chi connectivity index (χ0v) is 10.8. The number of ether oxygens (including phenoxy) is 1. The number of fused-ring (bicyclic) bond motifs is 1. The number of rotatable bonds is 2. The lowest BCUT2D eigenvalue weighted by atomic mass is 9.98. The Bertz CT molecular complexity index is 647. The summed E-state index contributed by atoms with van der Waals surface area (Å²) in [4.78, 5) is 11.9. The van der Waals surface area contributed by atoms with Gasteiger partial charge >= 0.3 is 0 Å². The Kier molecular flexibility index (Phi) is 3.47. The number of aliphatic hydroxyl groups is 4. The summed E-state index contributed by atoms with van der Waals surface area (Å²) in [6, 6.07) is 0. The van der Waals surface area contributed by atoms with E-state index in [0.717, 1.165) is 0 Å². The molecule has 3 rings (SSSR count). The van der Waals surface area contributed by atoms with Gasteiger partial charge in [-0.3, -0.25) is 4.57 Å². The first kappa shape index (κ1) is 14.1. The van der Waals surface area contributed by atoms with Gasteiger partial charge in [-0.1, -0.05) is 0 Å². The van der Waals surface area contributed by atoms with Gasteiger partial charge in [0.05, 0.1) is 12.9 Å². The van der Waals surface area contributed by atoms with Crippen LogP contribution in [0.5, 0.6) is 0 Å². The lowest BCUT2D eigenvalue weighted by molar-refractivity contribution is -0.250. The van der Waals surface area contributed by atoms with Crippen molar-refractivity contribution in [2.75, 3.05) is 12.3 Å². The third-order valence-electron chi connectivity index (χ3n) is 3.53. The van der Waals surface area contributed by atoms with Gasteiger partial charge in [0.15, 0.2) is 17.7 Å². The zero-order chi connectivity index (χ0) is 15.1. The number of aromatic nitrogens is 4. The molecule has 0 spiro atoms. The number of nitrogens with zero attached hydrogens (tertiary/aromatic N) is 4. The molecule has 0 aliphatic carbocycles. The van der Waals surface area contributed by atoms with E-state index in [1.165, 1.54) is 17.2 Å². The molecule has 2 aromatic heterocycles. The van der Waals surface area contributed by atoms with Crippen LogP contribution in [0.15, 0.2) is 12.7 Å². The van der Waals surface area contributed by atoms with Gasteiger partial charge < -0.3 is 30.9 Å². The van der Waals surface area contributed by atoms with E-state index in [0.29, 0.717) is 11.2 Å².